The van der Waals surface area contributed by atoms with E-state index in [1.54, 1.807) is 14.2 Å². The Morgan fingerprint density at radius 2 is 1.83 bits per heavy atom. The number of hydrogen-bond acceptors (Lipinski definition) is 3. The van der Waals surface area contributed by atoms with Crippen molar-refractivity contribution in [2.24, 2.45) is 4.99 Å². The number of nitrogens with one attached hydrogen (secondary N) is 2. The molecular formula is C17H30IN3O2. The van der Waals surface area contributed by atoms with Crippen LogP contribution in [0, 0.1) is 0 Å². The van der Waals surface area contributed by atoms with Gasteiger partial charge in [0.2, 0.25) is 0 Å². The number of guanidine groups is 1. The topological polar surface area (TPSA) is 54.9 Å². The molecule has 6 heteroatoms. The fourth-order valence-corrected chi connectivity index (χ4v) is 2.01. The SMILES string of the molecule is CN=C(NCCOc1ccc(C(C)C)cc1)NC(C)COC.I. The predicted octanol–water partition coefficient (Wildman–Crippen LogP) is 3.01. The highest BCUT2D eigenvalue weighted by Crippen LogP contribution is 2.18. The zero-order valence-corrected chi connectivity index (χ0v) is 17.1. The standard InChI is InChI=1S/C17H29N3O2.HI/c1-13(2)15-6-8-16(9-7-15)22-11-10-19-17(18-4)20-14(3)12-21-5;/h6-9,13-14H,10-12H2,1-5H3,(H2,18,19,20);1H. The van der Waals surface area contributed by atoms with E-state index in [9.17, 15) is 0 Å². The van der Waals surface area contributed by atoms with Crippen LogP contribution in [0.1, 0.15) is 32.3 Å². The second-order valence-electron chi connectivity index (χ2n) is 5.57. The summed E-state index contributed by atoms with van der Waals surface area (Å²) in [6.45, 7) is 8.32. The minimum atomic E-state index is 0. The lowest BCUT2D eigenvalue weighted by Gasteiger charge is -2.17. The first-order valence-corrected chi connectivity index (χ1v) is 7.75. The molecule has 0 aliphatic rings. The van der Waals surface area contributed by atoms with Crippen molar-refractivity contribution < 1.29 is 9.47 Å². The molecule has 0 heterocycles. The summed E-state index contributed by atoms with van der Waals surface area (Å²) in [7, 11) is 3.44. The molecule has 1 atom stereocenters. The quantitative estimate of drug-likeness (QED) is 0.285. The van der Waals surface area contributed by atoms with Gasteiger partial charge in [0.15, 0.2) is 5.96 Å². The van der Waals surface area contributed by atoms with Gasteiger partial charge in [-0.1, -0.05) is 26.0 Å². The van der Waals surface area contributed by atoms with Crippen LogP contribution in [0.25, 0.3) is 0 Å². The number of benzene rings is 1. The molecule has 23 heavy (non-hydrogen) atoms. The van der Waals surface area contributed by atoms with Crippen LogP contribution in [0.5, 0.6) is 5.75 Å². The number of hydrogen-bond donors (Lipinski definition) is 2. The summed E-state index contributed by atoms with van der Waals surface area (Å²) >= 11 is 0. The number of nitrogens with zero attached hydrogens (tertiary/aromatic N) is 1. The maximum absolute atomic E-state index is 5.72. The summed E-state index contributed by atoms with van der Waals surface area (Å²) in [5.41, 5.74) is 1.32. The Balaban J connectivity index is 0.00000484. The van der Waals surface area contributed by atoms with Crippen molar-refractivity contribution in [1.82, 2.24) is 10.6 Å². The van der Waals surface area contributed by atoms with Crippen molar-refractivity contribution in [2.45, 2.75) is 32.7 Å². The molecule has 0 fully saturated rings. The summed E-state index contributed by atoms with van der Waals surface area (Å²) in [5, 5.41) is 6.46. The second kappa shape index (κ2) is 12.4. The van der Waals surface area contributed by atoms with Gasteiger partial charge in [-0.15, -0.1) is 24.0 Å². The number of halogens is 1. The molecule has 132 valence electrons. The van der Waals surface area contributed by atoms with E-state index in [1.165, 1.54) is 5.56 Å². The van der Waals surface area contributed by atoms with Crippen LogP contribution >= 0.6 is 24.0 Å². The number of rotatable bonds is 8. The van der Waals surface area contributed by atoms with Gasteiger partial charge >= 0.3 is 0 Å². The highest BCUT2D eigenvalue weighted by Gasteiger charge is 2.04. The van der Waals surface area contributed by atoms with E-state index in [0.717, 1.165) is 11.7 Å². The van der Waals surface area contributed by atoms with E-state index in [-0.39, 0.29) is 30.0 Å². The molecule has 0 aliphatic carbocycles. The Hall–Kier alpha value is -1.02. The molecule has 0 aliphatic heterocycles. The first-order chi connectivity index (χ1) is 10.6. The Labute approximate surface area is 157 Å². The zero-order valence-electron chi connectivity index (χ0n) is 14.8. The Morgan fingerprint density at radius 3 is 2.35 bits per heavy atom. The summed E-state index contributed by atoms with van der Waals surface area (Å²) in [5.74, 6) is 2.18. The van der Waals surface area contributed by atoms with Gasteiger partial charge in [-0.2, -0.15) is 0 Å². The Bertz CT molecular complexity index is 450. The molecule has 5 nitrogen and oxygen atoms in total. The molecule has 0 spiro atoms. The number of methoxy groups -OCH3 is 1. The fourth-order valence-electron chi connectivity index (χ4n) is 2.01. The Kier molecular flexibility index (Phi) is 11.9. The summed E-state index contributed by atoms with van der Waals surface area (Å²) < 4.78 is 10.8. The smallest absolute Gasteiger partial charge is 0.191 e. The molecule has 2 N–H and O–H groups in total. The molecule has 0 bridgehead atoms. The number of ether oxygens (including phenoxy) is 2. The maximum Gasteiger partial charge on any atom is 0.191 e. The van der Waals surface area contributed by atoms with E-state index in [4.69, 9.17) is 9.47 Å². The number of aliphatic imine (C=N–C) groups is 1. The minimum absolute atomic E-state index is 0. The van der Waals surface area contributed by atoms with Gasteiger partial charge in [0.25, 0.3) is 0 Å². The first kappa shape index (κ1) is 22.0. The zero-order chi connectivity index (χ0) is 16.4. The normalized spacial score (nSPS) is 12.5. The predicted molar refractivity (Wildman–Crippen MR) is 107 cm³/mol. The molecule has 1 unspecified atom stereocenters. The molecule has 1 aromatic carbocycles. The van der Waals surface area contributed by atoms with Crippen LogP contribution in [-0.4, -0.2) is 45.9 Å². The van der Waals surface area contributed by atoms with Crippen molar-refractivity contribution in [3.05, 3.63) is 29.8 Å². The lowest BCUT2D eigenvalue weighted by molar-refractivity contribution is 0.179. The van der Waals surface area contributed by atoms with Gasteiger partial charge in [-0.3, -0.25) is 4.99 Å². The molecular weight excluding hydrogens is 405 g/mol. The van der Waals surface area contributed by atoms with Crippen LogP contribution < -0.4 is 15.4 Å². The van der Waals surface area contributed by atoms with E-state index in [0.29, 0.717) is 25.7 Å². The van der Waals surface area contributed by atoms with Gasteiger partial charge < -0.3 is 20.1 Å². The van der Waals surface area contributed by atoms with Crippen molar-refractivity contribution >= 4 is 29.9 Å². The van der Waals surface area contributed by atoms with Crippen LogP contribution in [-0.2, 0) is 4.74 Å². The highest BCUT2D eigenvalue weighted by molar-refractivity contribution is 14.0. The summed E-state index contributed by atoms with van der Waals surface area (Å²) in [6, 6.07) is 8.47. The lowest BCUT2D eigenvalue weighted by atomic mass is 10.0. The van der Waals surface area contributed by atoms with Crippen molar-refractivity contribution in [3.8, 4) is 5.75 Å². The third-order valence-electron chi connectivity index (χ3n) is 3.23. The molecule has 0 saturated carbocycles. The molecule has 0 radical (unpaired) electrons. The third-order valence-corrected chi connectivity index (χ3v) is 3.23. The van der Waals surface area contributed by atoms with E-state index >= 15 is 0 Å². The van der Waals surface area contributed by atoms with Crippen molar-refractivity contribution in [1.29, 1.82) is 0 Å². The lowest BCUT2D eigenvalue weighted by Crippen LogP contribution is -2.45. The second-order valence-corrected chi connectivity index (χ2v) is 5.57. The van der Waals surface area contributed by atoms with Crippen LogP contribution in [0.4, 0.5) is 0 Å². The molecule has 0 saturated heterocycles. The van der Waals surface area contributed by atoms with E-state index in [1.807, 2.05) is 19.1 Å². The monoisotopic (exact) mass is 435 g/mol. The summed E-state index contributed by atoms with van der Waals surface area (Å²) in [4.78, 5) is 4.17. The fraction of sp³-hybridized carbons (Fsp3) is 0.588. The van der Waals surface area contributed by atoms with Crippen LogP contribution in [0.3, 0.4) is 0 Å². The van der Waals surface area contributed by atoms with E-state index in [2.05, 4.69) is 41.6 Å². The molecule has 1 aromatic rings. The van der Waals surface area contributed by atoms with E-state index < -0.39 is 0 Å². The average Bonchev–Trinajstić information content (AvgIpc) is 2.51. The minimum Gasteiger partial charge on any atom is -0.492 e. The maximum atomic E-state index is 5.72. The molecule has 1 rings (SSSR count). The van der Waals surface area contributed by atoms with Gasteiger partial charge in [0.1, 0.15) is 12.4 Å². The molecule has 0 amide bonds. The van der Waals surface area contributed by atoms with Gasteiger partial charge in [0, 0.05) is 20.2 Å². The molecule has 0 aromatic heterocycles. The van der Waals surface area contributed by atoms with Gasteiger partial charge in [-0.05, 0) is 30.5 Å². The van der Waals surface area contributed by atoms with Gasteiger partial charge in [-0.25, -0.2) is 0 Å². The summed E-state index contributed by atoms with van der Waals surface area (Å²) in [6.07, 6.45) is 0. The average molecular weight is 435 g/mol. The highest BCUT2D eigenvalue weighted by atomic mass is 127. The van der Waals surface area contributed by atoms with Crippen LogP contribution in [0.2, 0.25) is 0 Å². The largest absolute Gasteiger partial charge is 0.492 e. The van der Waals surface area contributed by atoms with Crippen molar-refractivity contribution in [2.75, 3.05) is 33.9 Å². The van der Waals surface area contributed by atoms with Crippen LogP contribution in [0.15, 0.2) is 29.3 Å². The van der Waals surface area contributed by atoms with Gasteiger partial charge in [0.05, 0.1) is 13.2 Å². The Morgan fingerprint density at radius 1 is 1.17 bits per heavy atom. The van der Waals surface area contributed by atoms with Crippen molar-refractivity contribution in [3.63, 3.8) is 0 Å². The first-order valence-electron chi connectivity index (χ1n) is 7.75. The third kappa shape index (κ3) is 9.00.